The SMILES string of the molecule is C/C=C/c1ccc(C(=O)c2ccc(OCCCCCCOc3ccc([N+](=O)[O-])cc3[N+](=O)[O-])cc2)cc1.COC=O. The number of allylic oxidation sites excluding steroid dienone is 1. The molecule has 0 radical (unpaired) electrons. The van der Waals surface area contributed by atoms with Gasteiger partial charge in [0.2, 0.25) is 0 Å². The first-order valence-corrected chi connectivity index (χ1v) is 12.8. The molecule has 0 aromatic heterocycles. The molecule has 0 spiro atoms. The number of nitro benzene ring substituents is 2. The van der Waals surface area contributed by atoms with E-state index in [-0.39, 0.29) is 23.8 Å². The lowest BCUT2D eigenvalue weighted by Crippen LogP contribution is -2.03. The second-order valence-corrected chi connectivity index (χ2v) is 8.58. The van der Waals surface area contributed by atoms with Crippen LogP contribution < -0.4 is 9.47 Å². The predicted molar refractivity (Wildman–Crippen MR) is 153 cm³/mol. The van der Waals surface area contributed by atoms with Crippen molar-refractivity contribution in [3.63, 3.8) is 0 Å². The molecule has 0 amide bonds. The summed E-state index contributed by atoms with van der Waals surface area (Å²) in [4.78, 5) is 42.2. The van der Waals surface area contributed by atoms with Crippen LogP contribution in [0.25, 0.3) is 6.08 Å². The van der Waals surface area contributed by atoms with E-state index in [2.05, 4.69) is 4.74 Å². The van der Waals surface area contributed by atoms with Crippen molar-refractivity contribution >= 4 is 29.7 Å². The summed E-state index contributed by atoms with van der Waals surface area (Å²) in [6.45, 7) is 3.11. The van der Waals surface area contributed by atoms with Crippen molar-refractivity contribution in [1.82, 2.24) is 0 Å². The van der Waals surface area contributed by atoms with Gasteiger partial charge >= 0.3 is 5.69 Å². The van der Waals surface area contributed by atoms with E-state index in [1.807, 2.05) is 43.3 Å². The van der Waals surface area contributed by atoms with Gasteiger partial charge in [-0.2, -0.15) is 0 Å². The topological polar surface area (TPSA) is 148 Å². The number of ketones is 1. The minimum Gasteiger partial charge on any atom is -0.494 e. The zero-order valence-corrected chi connectivity index (χ0v) is 22.9. The van der Waals surface area contributed by atoms with Gasteiger partial charge in [-0.15, -0.1) is 0 Å². The standard InChI is InChI=1S/C28H28N2O7.C2H4O2/c1-2-7-21-8-10-22(11-9-21)28(31)23-12-15-25(16-13-23)36-18-5-3-4-6-19-37-27-17-14-24(29(32)33)20-26(27)30(34)35;1-4-2-3/h2,7-17,20H,3-6,18-19H2,1H3;2H,1H3/b7-2+;. The molecule has 0 N–H and O–H groups in total. The minimum atomic E-state index is -0.690. The summed E-state index contributed by atoms with van der Waals surface area (Å²) >= 11 is 0. The van der Waals surface area contributed by atoms with E-state index in [1.54, 1.807) is 24.3 Å². The molecule has 0 saturated heterocycles. The average Bonchev–Trinajstić information content (AvgIpc) is 2.99. The van der Waals surface area contributed by atoms with Gasteiger partial charge in [0.25, 0.3) is 12.2 Å². The maximum absolute atomic E-state index is 12.7. The predicted octanol–water partition coefficient (Wildman–Crippen LogP) is 6.57. The molecule has 0 aliphatic carbocycles. The van der Waals surface area contributed by atoms with Crippen LogP contribution in [0.4, 0.5) is 11.4 Å². The molecule has 11 nitrogen and oxygen atoms in total. The van der Waals surface area contributed by atoms with Crippen LogP contribution >= 0.6 is 0 Å². The molecule has 0 bridgehead atoms. The van der Waals surface area contributed by atoms with Gasteiger partial charge in [0, 0.05) is 17.2 Å². The smallest absolute Gasteiger partial charge is 0.317 e. The molecule has 0 aliphatic heterocycles. The van der Waals surface area contributed by atoms with Crippen LogP contribution in [0.1, 0.15) is 54.1 Å². The third-order valence-corrected chi connectivity index (χ3v) is 5.66. The Hall–Kier alpha value is -5.06. The summed E-state index contributed by atoms with van der Waals surface area (Å²) in [6, 6.07) is 17.9. The Morgan fingerprint density at radius 1 is 0.805 bits per heavy atom. The number of methoxy groups -OCH3 is 1. The summed E-state index contributed by atoms with van der Waals surface area (Å²) < 4.78 is 15.1. The first kappa shape index (κ1) is 32.2. The Bertz CT molecular complexity index is 1320. The summed E-state index contributed by atoms with van der Waals surface area (Å²) in [5.74, 6) is 0.667. The molecule has 11 heteroatoms. The number of ether oxygens (including phenoxy) is 3. The largest absolute Gasteiger partial charge is 0.494 e. The molecule has 3 aromatic rings. The van der Waals surface area contributed by atoms with E-state index < -0.39 is 15.5 Å². The average molecular weight is 565 g/mol. The first-order chi connectivity index (χ1) is 19.8. The number of nitro groups is 2. The number of nitrogens with zero attached hydrogens (tertiary/aromatic N) is 2. The van der Waals surface area contributed by atoms with Gasteiger partial charge in [-0.25, -0.2) is 0 Å². The van der Waals surface area contributed by atoms with Crippen LogP contribution in [-0.2, 0) is 9.53 Å². The lowest BCUT2D eigenvalue weighted by molar-refractivity contribution is -0.394. The van der Waals surface area contributed by atoms with E-state index in [0.29, 0.717) is 36.4 Å². The Balaban J connectivity index is 0.00000138. The highest BCUT2D eigenvalue weighted by Gasteiger charge is 2.20. The molecule has 41 heavy (non-hydrogen) atoms. The summed E-state index contributed by atoms with van der Waals surface area (Å²) in [5.41, 5.74) is 1.50. The monoisotopic (exact) mass is 564 g/mol. The summed E-state index contributed by atoms with van der Waals surface area (Å²) in [6.07, 6.45) is 7.14. The van der Waals surface area contributed by atoms with E-state index >= 15 is 0 Å². The number of carbonyl (C=O) groups is 2. The Kier molecular flexibility index (Phi) is 13.7. The molecular weight excluding hydrogens is 532 g/mol. The third-order valence-electron chi connectivity index (χ3n) is 5.66. The fraction of sp³-hybridized carbons (Fsp3) is 0.267. The van der Waals surface area contributed by atoms with E-state index in [0.717, 1.165) is 30.9 Å². The molecular formula is C30H32N2O9. The number of unbranched alkanes of at least 4 members (excludes halogenated alkanes) is 3. The Morgan fingerprint density at radius 3 is 1.88 bits per heavy atom. The van der Waals surface area contributed by atoms with Gasteiger partial charge in [0.05, 0.1) is 36.2 Å². The molecule has 0 unspecified atom stereocenters. The Labute approximate surface area is 237 Å². The molecule has 216 valence electrons. The Morgan fingerprint density at radius 2 is 1.37 bits per heavy atom. The van der Waals surface area contributed by atoms with Crippen molar-refractivity contribution in [2.45, 2.75) is 32.6 Å². The molecule has 0 fully saturated rings. The van der Waals surface area contributed by atoms with Crippen LogP contribution in [0.2, 0.25) is 0 Å². The number of hydrogen-bond donors (Lipinski definition) is 0. The third kappa shape index (κ3) is 10.9. The van der Waals surface area contributed by atoms with Gasteiger partial charge in [0.1, 0.15) is 5.75 Å². The van der Waals surface area contributed by atoms with Crippen molar-refractivity contribution in [2.24, 2.45) is 0 Å². The fourth-order valence-corrected chi connectivity index (χ4v) is 3.62. The van der Waals surface area contributed by atoms with Gasteiger partial charge in [-0.3, -0.25) is 29.8 Å². The van der Waals surface area contributed by atoms with Gasteiger partial charge in [0.15, 0.2) is 11.5 Å². The lowest BCUT2D eigenvalue weighted by atomic mass is 10.0. The maximum Gasteiger partial charge on any atom is 0.317 e. The van der Waals surface area contributed by atoms with Crippen LogP contribution in [0.3, 0.4) is 0 Å². The second kappa shape index (κ2) is 17.5. The molecule has 0 aliphatic rings. The lowest BCUT2D eigenvalue weighted by Gasteiger charge is -2.08. The van der Waals surface area contributed by atoms with Crippen LogP contribution in [0.5, 0.6) is 11.5 Å². The van der Waals surface area contributed by atoms with Crippen molar-refractivity contribution in [1.29, 1.82) is 0 Å². The van der Waals surface area contributed by atoms with Gasteiger partial charge in [-0.05, 0) is 68.5 Å². The zero-order chi connectivity index (χ0) is 30.0. The van der Waals surface area contributed by atoms with E-state index in [9.17, 15) is 25.0 Å². The van der Waals surface area contributed by atoms with Crippen LogP contribution in [0, 0.1) is 20.2 Å². The number of rotatable bonds is 15. The quantitative estimate of drug-likeness (QED) is 0.0656. The highest BCUT2D eigenvalue weighted by atomic mass is 16.6. The normalized spacial score (nSPS) is 10.3. The van der Waals surface area contributed by atoms with E-state index in [1.165, 1.54) is 19.2 Å². The number of hydrogen-bond acceptors (Lipinski definition) is 9. The van der Waals surface area contributed by atoms with E-state index in [4.69, 9.17) is 14.3 Å². The zero-order valence-electron chi connectivity index (χ0n) is 22.9. The number of carbonyl (C=O) groups excluding carboxylic acids is 2. The first-order valence-electron chi connectivity index (χ1n) is 12.8. The molecule has 3 rings (SSSR count). The number of non-ortho nitro benzene ring substituents is 1. The number of benzene rings is 3. The molecule has 0 atom stereocenters. The maximum atomic E-state index is 12.7. The molecule has 0 heterocycles. The fourth-order valence-electron chi connectivity index (χ4n) is 3.62. The summed E-state index contributed by atoms with van der Waals surface area (Å²) in [7, 11) is 1.31. The van der Waals surface area contributed by atoms with Crippen molar-refractivity contribution in [3.05, 3.63) is 110 Å². The highest BCUT2D eigenvalue weighted by molar-refractivity contribution is 6.09. The van der Waals surface area contributed by atoms with Crippen LogP contribution in [0.15, 0.2) is 72.8 Å². The van der Waals surface area contributed by atoms with Crippen molar-refractivity contribution in [2.75, 3.05) is 20.3 Å². The minimum absolute atomic E-state index is 0.0199. The molecule has 3 aromatic carbocycles. The molecule has 0 saturated carbocycles. The van der Waals surface area contributed by atoms with Crippen LogP contribution in [-0.4, -0.2) is 42.4 Å². The van der Waals surface area contributed by atoms with Crippen molar-refractivity contribution < 1.29 is 33.6 Å². The van der Waals surface area contributed by atoms with Gasteiger partial charge < -0.3 is 14.2 Å². The highest BCUT2D eigenvalue weighted by Crippen LogP contribution is 2.31. The second-order valence-electron chi connectivity index (χ2n) is 8.58. The summed E-state index contributed by atoms with van der Waals surface area (Å²) in [5, 5.41) is 21.9. The van der Waals surface area contributed by atoms with Gasteiger partial charge in [-0.1, -0.05) is 36.4 Å². The van der Waals surface area contributed by atoms with Crippen molar-refractivity contribution in [3.8, 4) is 11.5 Å².